The number of amides is 1. The lowest BCUT2D eigenvalue weighted by atomic mass is 9.72. The van der Waals surface area contributed by atoms with Gasteiger partial charge in [-0.3, -0.25) is 9.59 Å². The molecule has 0 radical (unpaired) electrons. The summed E-state index contributed by atoms with van der Waals surface area (Å²) in [4.78, 5) is 26.2. The Kier molecular flexibility index (Phi) is 5.28. The first kappa shape index (κ1) is 16.3. The SMILES string of the molecule is COC(=O)C1CCC(=O)N(C2CC(C)CCC2C(C)C)C1. The molecule has 1 aliphatic carbocycles. The van der Waals surface area contributed by atoms with Gasteiger partial charge in [0.1, 0.15) is 0 Å². The summed E-state index contributed by atoms with van der Waals surface area (Å²) >= 11 is 0. The molecule has 0 aromatic carbocycles. The maximum atomic E-state index is 12.4. The second-order valence-corrected chi connectivity index (χ2v) is 7.20. The molecule has 0 aromatic rings. The van der Waals surface area contributed by atoms with Crippen LogP contribution in [-0.4, -0.2) is 36.5 Å². The monoisotopic (exact) mass is 295 g/mol. The van der Waals surface area contributed by atoms with Gasteiger partial charge in [0.15, 0.2) is 0 Å². The summed E-state index contributed by atoms with van der Waals surface area (Å²) in [6, 6.07) is 0.300. The molecule has 1 heterocycles. The largest absolute Gasteiger partial charge is 0.469 e. The van der Waals surface area contributed by atoms with E-state index in [1.165, 1.54) is 20.0 Å². The summed E-state index contributed by atoms with van der Waals surface area (Å²) in [6.45, 7) is 7.32. The van der Waals surface area contributed by atoms with Crippen LogP contribution in [0, 0.1) is 23.7 Å². The van der Waals surface area contributed by atoms with Crippen molar-refractivity contribution in [2.75, 3.05) is 13.7 Å². The van der Waals surface area contributed by atoms with Gasteiger partial charge in [-0.05, 0) is 37.0 Å². The average molecular weight is 295 g/mol. The highest BCUT2D eigenvalue weighted by Gasteiger charge is 2.40. The Balaban J connectivity index is 2.15. The Labute approximate surface area is 128 Å². The molecule has 4 unspecified atom stereocenters. The molecule has 0 bridgehead atoms. The van der Waals surface area contributed by atoms with Crippen LogP contribution in [0.25, 0.3) is 0 Å². The van der Waals surface area contributed by atoms with Crippen molar-refractivity contribution in [3.8, 4) is 0 Å². The molecule has 1 saturated carbocycles. The van der Waals surface area contributed by atoms with Gasteiger partial charge in [-0.1, -0.05) is 27.2 Å². The van der Waals surface area contributed by atoms with Crippen molar-refractivity contribution >= 4 is 11.9 Å². The van der Waals surface area contributed by atoms with Gasteiger partial charge < -0.3 is 9.64 Å². The summed E-state index contributed by atoms with van der Waals surface area (Å²) in [5, 5.41) is 0. The fourth-order valence-corrected chi connectivity index (χ4v) is 4.06. The predicted octanol–water partition coefficient (Wildman–Crippen LogP) is 2.86. The topological polar surface area (TPSA) is 46.6 Å². The number of piperidine rings is 1. The third-order valence-electron chi connectivity index (χ3n) is 5.37. The van der Waals surface area contributed by atoms with Gasteiger partial charge in [-0.15, -0.1) is 0 Å². The highest BCUT2D eigenvalue weighted by atomic mass is 16.5. The van der Waals surface area contributed by atoms with Crippen molar-refractivity contribution < 1.29 is 14.3 Å². The second-order valence-electron chi connectivity index (χ2n) is 7.20. The van der Waals surface area contributed by atoms with E-state index in [1.54, 1.807) is 0 Å². The van der Waals surface area contributed by atoms with Crippen molar-refractivity contribution in [3.63, 3.8) is 0 Å². The molecule has 0 spiro atoms. The third-order valence-corrected chi connectivity index (χ3v) is 5.37. The summed E-state index contributed by atoms with van der Waals surface area (Å²) in [6.07, 6.45) is 4.63. The number of esters is 1. The average Bonchev–Trinajstić information content (AvgIpc) is 2.46. The Morgan fingerprint density at radius 2 is 2.00 bits per heavy atom. The van der Waals surface area contributed by atoms with E-state index in [4.69, 9.17) is 4.74 Å². The quantitative estimate of drug-likeness (QED) is 0.752. The molecule has 2 rings (SSSR count). The van der Waals surface area contributed by atoms with Crippen LogP contribution in [0.5, 0.6) is 0 Å². The number of hydrogen-bond donors (Lipinski definition) is 0. The standard InChI is InChI=1S/C17H29NO3/c1-11(2)14-7-5-12(3)9-15(14)18-10-13(17(20)21-4)6-8-16(18)19/h11-15H,5-10H2,1-4H3. The van der Waals surface area contributed by atoms with E-state index in [9.17, 15) is 9.59 Å². The zero-order valence-corrected chi connectivity index (χ0v) is 13.8. The smallest absolute Gasteiger partial charge is 0.310 e. The molecule has 0 N–H and O–H groups in total. The van der Waals surface area contributed by atoms with Gasteiger partial charge in [0, 0.05) is 19.0 Å². The van der Waals surface area contributed by atoms with Crippen LogP contribution in [0.1, 0.15) is 52.9 Å². The van der Waals surface area contributed by atoms with Gasteiger partial charge in [0.05, 0.1) is 13.0 Å². The van der Waals surface area contributed by atoms with Crippen LogP contribution < -0.4 is 0 Å². The molecule has 4 nitrogen and oxygen atoms in total. The van der Waals surface area contributed by atoms with Crippen LogP contribution in [-0.2, 0) is 14.3 Å². The lowest BCUT2D eigenvalue weighted by Gasteiger charge is -2.46. The number of hydrogen-bond acceptors (Lipinski definition) is 3. The first-order chi connectivity index (χ1) is 9.93. The van der Waals surface area contributed by atoms with Crippen molar-refractivity contribution in [1.82, 2.24) is 4.90 Å². The fourth-order valence-electron chi connectivity index (χ4n) is 4.06. The van der Waals surface area contributed by atoms with E-state index in [0.717, 1.165) is 6.42 Å². The van der Waals surface area contributed by atoms with Gasteiger partial charge in [-0.25, -0.2) is 0 Å². The zero-order valence-electron chi connectivity index (χ0n) is 13.8. The third kappa shape index (κ3) is 3.58. The summed E-state index contributed by atoms with van der Waals surface area (Å²) in [7, 11) is 1.43. The number of carbonyl (C=O) groups excluding carboxylic acids is 2. The summed E-state index contributed by atoms with van der Waals surface area (Å²) in [5.74, 6) is 1.71. The van der Waals surface area contributed by atoms with Gasteiger partial charge in [0.2, 0.25) is 5.91 Å². The maximum Gasteiger partial charge on any atom is 0.310 e. The Bertz CT molecular complexity index is 393. The van der Waals surface area contributed by atoms with Gasteiger partial charge >= 0.3 is 5.97 Å². The summed E-state index contributed by atoms with van der Waals surface area (Å²) in [5.41, 5.74) is 0. The molecule has 21 heavy (non-hydrogen) atoms. The van der Waals surface area contributed by atoms with E-state index in [0.29, 0.717) is 43.2 Å². The predicted molar refractivity (Wildman–Crippen MR) is 81.6 cm³/mol. The first-order valence-corrected chi connectivity index (χ1v) is 8.31. The minimum atomic E-state index is -0.169. The van der Waals surface area contributed by atoms with Crippen molar-refractivity contribution in [3.05, 3.63) is 0 Å². The molecule has 4 atom stereocenters. The lowest BCUT2D eigenvalue weighted by Crippen LogP contribution is -2.53. The highest BCUT2D eigenvalue weighted by Crippen LogP contribution is 2.38. The molecule has 2 fully saturated rings. The molecule has 1 saturated heterocycles. The molecule has 120 valence electrons. The van der Waals surface area contributed by atoms with Crippen LogP contribution in [0.3, 0.4) is 0 Å². The maximum absolute atomic E-state index is 12.4. The molecule has 2 aliphatic rings. The minimum Gasteiger partial charge on any atom is -0.469 e. The second kappa shape index (κ2) is 6.80. The number of rotatable bonds is 3. The van der Waals surface area contributed by atoms with E-state index < -0.39 is 0 Å². The Morgan fingerprint density at radius 1 is 1.29 bits per heavy atom. The van der Waals surface area contributed by atoms with Crippen LogP contribution in [0.15, 0.2) is 0 Å². The minimum absolute atomic E-state index is 0.141. The number of ether oxygens (including phenoxy) is 1. The van der Waals surface area contributed by atoms with Crippen molar-refractivity contribution in [1.29, 1.82) is 0 Å². The van der Waals surface area contributed by atoms with E-state index >= 15 is 0 Å². The van der Waals surface area contributed by atoms with E-state index in [1.807, 2.05) is 4.90 Å². The highest BCUT2D eigenvalue weighted by molar-refractivity contribution is 5.81. The number of nitrogens with zero attached hydrogens (tertiary/aromatic N) is 1. The molecular weight excluding hydrogens is 266 g/mol. The van der Waals surface area contributed by atoms with Crippen LogP contribution >= 0.6 is 0 Å². The number of carbonyl (C=O) groups is 2. The van der Waals surface area contributed by atoms with Gasteiger partial charge in [-0.2, -0.15) is 0 Å². The number of likely N-dealkylation sites (tertiary alicyclic amines) is 1. The molecule has 1 amide bonds. The molecule has 0 aromatic heterocycles. The molecular formula is C17H29NO3. The number of methoxy groups -OCH3 is 1. The van der Waals surface area contributed by atoms with Gasteiger partial charge in [0.25, 0.3) is 0 Å². The Morgan fingerprint density at radius 3 is 2.62 bits per heavy atom. The zero-order chi connectivity index (χ0) is 15.6. The summed E-state index contributed by atoms with van der Waals surface area (Å²) < 4.78 is 4.88. The van der Waals surface area contributed by atoms with Crippen molar-refractivity contribution in [2.24, 2.45) is 23.7 Å². The fraction of sp³-hybridized carbons (Fsp3) is 0.882. The molecule has 1 aliphatic heterocycles. The van der Waals surface area contributed by atoms with E-state index in [-0.39, 0.29) is 17.8 Å². The first-order valence-electron chi connectivity index (χ1n) is 8.31. The van der Waals surface area contributed by atoms with E-state index in [2.05, 4.69) is 20.8 Å². The normalized spacial score (nSPS) is 34.1. The van der Waals surface area contributed by atoms with Crippen LogP contribution in [0.2, 0.25) is 0 Å². The van der Waals surface area contributed by atoms with Crippen molar-refractivity contribution in [2.45, 2.75) is 58.9 Å². The molecule has 4 heteroatoms. The lowest BCUT2D eigenvalue weighted by molar-refractivity contribution is -0.153. The van der Waals surface area contributed by atoms with Crippen LogP contribution in [0.4, 0.5) is 0 Å². The Hall–Kier alpha value is -1.06.